The third kappa shape index (κ3) is 2.03. The summed E-state index contributed by atoms with van der Waals surface area (Å²) in [6, 6.07) is 5.84. The summed E-state index contributed by atoms with van der Waals surface area (Å²) in [5.74, 6) is 1.70. The van der Waals surface area contributed by atoms with E-state index in [1.54, 1.807) is 13.2 Å². The van der Waals surface area contributed by atoms with Crippen LogP contribution in [-0.4, -0.2) is 20.0 Å². The van der Waals surface area contributed by atoms with Gasteiger partial charge in [-0.1, -0.05) is 12.7 Å². The van der Waals surface area contributed by atoms with Crippen LogP contribution in [0.3, 0.4) is 0 Å². The normalized spacial score (nSPS) is 20.5. The Bertz CT molecular complexity index is 423. The SMILES string of the molecule is C=CCOc1ccc2c(c1)C(C)(C)[C@H](OC)O2. The first-order valence-corrected chi connectivity index (χ1v) is 5.67. The molecule has 1 aromatic rings. The minimum atomic E-state index is -0.243. The molecule has 0 unspecified atom stereocenters. The molecule has 92 valence electrons. The van der Waals surface area contributed by atoms with Crippen LogP contribution in [0.25, 0.3) is 0 Å². The first-order chi connectivity index (χ1) is 8.09. The van der Waals surface area contributed by atoms with Crippen molar-refractivity contribution in [1.29, 1.82) is 0 Å². The number of fused-ring (bicyclic) bond motifs is 1. The molecule has 0 aliphatic carbocycles. The summed E-state index contributed by atoms with van der Waals surface area (Å²) in [4.78, 5) is 0. The zero-order chi connectivity index (χ0) is 12.5. The van der Waals surface area contributed by atoms with E-state index >= 15 is 0 Å². The summed E-state index contributed by atoms with van der Waals surface area (Å²) in [5, 5.41) is 0. The zero-order valence-corrected chi connectivity index (χ0v) is 10.5. The fraction of sp³-hybridized carbons (Fsp3) is 0.429. The lowest BCUT2D eigenvalue weighted by Crippen LogP contribution is -2.33. The topological polar surface area (TPSA) is 27.7 Å². The fourth-order valence-electron chi connectivity index (χ4n) is 2.09. The highest BCUT2D eigenvalue weighted by Gasteiger charge is 2.42. The maximum Gasteiger partial charge on any atom is 0.208 e. The van der Waals surface area contributed by atoms with Crippen molar-refractivity contribution >= 4 is 0 Å². The lowest BCUT2D eigenvalue weighted by molar-refractivity contribution is -0.0779. The Morgan fingerprint density at radius 1 is 1.47 bits per heavy atom. The van der Waals surface area contributed by atoms with Crippen molar-refractivity contribution in [2.24, 2.45) is 0 Å². The van der Waals surface area contributed by atoms with Crippen LogP contribution in [-0.2, 0) is 10.2 Å². The van der Waals surface area contributed by atoms with Crippen LogP contribution in [0.5, 0.6) is 11.5 Å². The van der Waals surface area contributed by atoms with E-state index in [0.29, 0.717) is 6.61 Å². The van der Waals surface area contributed by atoms with E-state index in [2.05, 4.69) is 20.4 Å². The van der Waals surface area contributed by atoms with Gasteiger partial charge in [-0.2, -0.15) is 0 Å². The smallest absolute Gasteiger partial charge is 0.208 e. The van der Waals surface area contributed by atoms with Gasteiger partial charge in [-0.25, -0.2) is 0 Å². The largest absolute Gasteiger partial charge is 0.490 e. The molecule has 0 aromatic heterocycles. The van der Waals surface area contributed by atoms with E-state index in [4.69, 9.17) is 14.2 Å². The number of rotatable bonds is 4. The molecule has 1 heterocycles. The average molecular weight is 234 g/mol. The summed E-state index contributed by atoms with van der Waals surface area (Å²) < 4.78 is 16.6. The number of benzene rings is 1. The van der Waals surface area contributed by atoms with Crippen molar-refractivity contribution < 1.29 is 14.2 Å². The molecule has 0 radical (unpaired) electrons. The van der Waals surface area contributed by atoms with Gasteiger partial charge in [0.05, 0.1) is 5.41 Å². The highest BCUT2D eigenvalue weighted by molar-refractivity contribution is 5.48. The quantitative estimate of drug-likeness (QED) is 0.750. The monoisotopic (exact) mass is 234 g/mol. The fourth-order valence-corrected chi connectivity index (χ4v) is 2.09. The third-order valence-corrected chi connectivity index (χ3v) is 3.05. The van der Waals surface area contributed by atoms with Crippen molar-refractivity contribution in [1.82, 2.24) is 0 Å². The van der Waals surface area contributed by atoms with E-state index in [-0.39, 0.29) is 11.7 Å². The molecule has 0 fully saturated rings. The molecule has 0 N–H and O–H groups in total. The molecule has 1 aliphatic rings. The maximum absolute atomic E-state index is 5.73. The van der Waals surface area contributed by atoms with Gasteiger partial charge in [-0.3, -0.25) is 0 Å². The van der Waals surface area contributed by atoms with Gasteiger partial charge < -0.3 is 14.2 Å². The van der Waals surface area contributed by atoms with Gasteiger partial charge in [-0.15, -0.1) is 0 Å². The summed E-state index contributed by atoms with van der Waals surface area (Å²) in [5.41, 5.74) is 0.948. The first-order valence-electron chi connectivity index (χ1n) is 5.67. The molecular weight excluding hydrogens is 216 g/mol. The van der Waals surface area contributed by atoms with Crippen LogP contribution in [0.4, 0.5) is 0 Å². The number of hydrogen-bond donors (Lipinski definition) is 0. The van der Waals surface area contributed by atoms with Crippen molar-refractivity contribution in [2.75, 3.05) is 13.7 Å². The van der Waals surface area contributed by atoms with E-state index in [9.17, 15) is 0 Å². The predicted molar refractivity (Wildman–Crippen MR) is 66.6 cm³/mol. The average Bonchev–Trinajstić information content (AvgIpc) is 2.58. The molecule has 1 aliphatic heterocycles. The van der Waals surface area contributed by atoms with Crippen LogP contribution in [0.2, 0.25) is 0 Å². The van der Waals surface area contributed by atoms with Crippen molar-refractivity contribution in [2.45, 2.75) is 25.6 Å². The second-order valence-corrected chi connectivity index (χ2v) is 4.66. The van der Waals surface area contributed by atoms with Crippen molar-refractivity contribution in [3.63, 3.8) is 0 Å². The predicted octanol–water partition coefficient (Wildman–Crippen LogP) is 2.89. The lowest BCUT2D eigenvalue weighted by atomic mass is 9.85. The third-order valence-electron chi connectivity index (χ3n) is 3.05. The highest BCUT2D eigenvalue weighted by Crippen LogP contribution is 2.44. The van der Waals surface area contributed by atoms with E-state index < -0.39 is 0 Å². The van der Waals surface area contributed by atoms with Crippen LogP contribution in [0.1, 0.15) is 19.4 Å². The summed E-state index contributed by atoms with van der Waals surface area (Å²) in [6.45, 7) is 8.34. The van der Waals surface area contributed by atoms with Gasteiger partial charge in [0, 0.05) is 12.7 Å². The first kappa shape index (κ1) is 12.0. The van der Waals surface area contributed by atoms with Gasteiger partial charge in [-0.05, 0) is 32.0 Å². The summed E-state index contributed by atoms with van der Waals surface area (Å²) >= 11 is 0. The molecule has 3 heteroatoms. The van der Waals surface area contributed by atoms with Gasteiger partial charge in [0.15, 0.2) is 0 Å². The Hall–Kier alpha value is -1.48. The number of hydrogen-bond acceptors (Lipinski definition) is 3. The van der Waals surface area contributed by atoms with Crippen LogP contribution >= 0.6 is 0 Å². The Kier molecular flexibility index (Phi) is 3.11. The van der Waals surface area contributed by atoms with Crippen molar-refractivity contribution in [3.05, 3.63) is 36.4 Å². The second-order valence-electron chi connectivity index (χ2n) is 4.66. The van der Waals surface area contributed by atoms with E-state index in [1.165, 1.54) is 0 Å². The molecule has 0 saturated heterocycles. The lowest BCUT2D eigenvalue weighted by Gasteiger charge is -2.24. The van der Waals surface area contributed by atoms with Gasteiger partial charge in [0.25, 0.3) is 0 Å². The molecule has 1 atom stereocenters. The molecule has 0 bridgehead atoms. The van der Waals surface area contributed by atoms with Gasteiger partial charge in [0.1, 0.15) is 18.1 Å². The Morgan fingerprint density at radius 3 is 2.88 bits per heavy atom. The van der Waals surface area contributed by atoms with Crippen LogP contribution in [0.15, 0.2) is 30.9 Å². The summed E-state index contributed by atoms with van der Waals surface area (Å²) in [6.07, 6.45) is 1.49. The molecule has 0 saturated carbocycles. The summed E-state index contributed by atoms with van der Waals surface area (Å²) in [7, 11) is 1.66. The highest BCUT2D eigenvalue weighted by atomic mass is 16.7. The van der Waals surface area contributed by atoms with Gasteiger partial charge >= 0.3 is 0 Å². The van der Waals surface area contributed by atoms with E-state index in [1.807, 2.05) is 18.2 Å². The minimum Gasteiger partial charge on any atom is -0.490 e. The standard InChI is InChI=1S/C14H18O3/c1-5-8-16-10-6-7-12-11(9-10)14(2,3)13(15-4)17-12/h5-7,9,13H,1,8H2,2-4H3/t13-/m1/s1. The molecule has 17 heavy (non-hydrogen) atoms. The number of ether oxygens (including phenoxy) is 3. The molecule has 2 rings (SSSR count). The Morgan fingerprint density at radius 2 is 2.24 bits per heavy atom. The maximum atomic E-state index is 5.73. The van der Waals surface area contributed by atoms with Gasteiger partial charge in [0.2, 0.25) is 6.29 Å². The minimum absolute atomic E-state index is 0.169. The molecule has 0 spiro atoms. The van der Waals surface area contributed by atoms with E-state index in [0.717, 1.165) is 17.1 Å². The second kappa shape index (κ2) is 4.41. The Labute approximate surface area is 102 Å². The molecule has 3 nitrogen and oxygen atoms in total. The zero-order valence-electron chi connectivity index (χ0n) is 10.5. The van der Waals surface area contributed by atoms with Crippen LogP contribution in [0, 0.1) is 0 Å². The van der Waals surface area contributed by atoms with Crippen LogP contribution < -0.4 is 9.47 Å². The number of methoxy groups -OCH3 is 1. The Balaban J connectivity index is 2.31. The molecule has 0 amide bonds. The molecular formula is C14H18O3. The van der Waals surface area contributed by atoms with Crippen molar-refractivity contribution in [3.8, 4) is 11.5 Å². The molecule has 1 aromatic carbocycles.